The topological polar surface area (TPSA) is 65.2 Å². The van der Waals surface area contributed by atoms with Crippen molar-refractivity contribution >= 4 is 31.5 Å². The van der Waals surface area contributed by atoms with Crippen LogP contribution in [0.15, 0.2) is 4.42 Å². The monoisotopic (exact) mass is 242 g/mol. The van der Waals surface area contributed by atoms with Gasteiger partial charge in [0.25, 0.3) is 0 Å². The molecule has 0 radical (unpaired) electrons. The fourth-order valence-electron chi connectivity index (χ4n) is 2.12. The lowest BCUT2D eigenvalue weighted by molar-refractivity contribution is -0.139. The Kier molecular flexibility index (Phi) is 3.48. The summed E-state index contributed by atoms with van der Waals surface area (Å²) in [4.78, 5) is 11.2. The van der Waals surface area contributed by atoms with Crippen LogP contribution in [0.2, 0.25) is 0 Å². The van der Waals surface area contributed by atoms with E-state index < -0.39 is 0 Å². The third kappa shape index (κ3) is 2.37. The Morgan fingerprint density at radius 2 is 2.06 bits per heavy atom. The minimum absolute atomic E-state index is 0.0854. The molecule has 0 bridgehead atoms. The molecule has 0 saturated heterocycles. The van der Waals surface area contributed by atoms with E-state index in [1.165, 1.54) is 0 Å². The van der Waals surface area contributed by atoms with Crippen LogP contribution in [0.1, 0.15) is 37.5 Å². The Labute approximate surface area is 99.1 Å². The molecule has 1 fully saturated rings. The molecule has 1 aromatic heterocycles. The molecule has 2 rings (SSSR count). The van der Waals surface area contributed by atoms with E-state index in [0.717, 1.165) is 25.7 Å². The second-order valence-corrected chi connectivity index (χ2v) is 4.26. The first kappa shape index (κ1) is 11.5. The lowest BCUT2D eigenvalue weighted by atomic mass is 9.82. The molecule has 0 aliphatic heterocycles. The van der Waals surface area contributed by atoms with Crippen molar-refractivity contribution in [2.75, 3.05) is 0 Å². The average molecular weight is 242 g/mol. The van der Waals surface area contributed by atoms with Crippen molar-refractivity contribution in [3.05, 3.63) is 5.89 Å². The fraction of sp³-hybridized carbons (Fsp3) is 0.667. The van der Waals surface area contributed by atoms with Crippen molar-refractivity contribution in [2.24, 2.45) is 5.92 Å². The Balaban J connectivity index is 1.92. The van der Waals surface area contributed by atoms with Crippen molar-refractivity contribution in [3.8, 4) is 0 Å². The average Bonchev–Trinajstić information content (AvgIpc) is 2.75. The number of carbonyl (C=O) groups excluding carboxylic acids is 1. The maximum atomic E-state index is 11.2. The Morgan fingerprint density at radius 1 is 1.38 bits per heavy atom. The van der Waals surface area contributed by atoms with Gasteiger partial charge in [0.05, 0.1) is 5.92 Å². The first-order chi connectivity index (χ1) is 7.70. The molecular formula is C9H12BClN2O3. The number of hydrogen-bond donors (Lipinski definition) is 0. The molecule has 0 aromatic carbocycles. The van der Waals surface area contributed by atoms with Crippen LogP contribution in [0.25, 0.3) is 0 Å². The quantitative estimate of drug-likeness (QED) is 0.698. The van der Waals surface area contributed by atoms with Gasteiger partial charge in [-0.1, -0.05) is 0 Å². The highest BCUT2D eigenvalue weighted by Gasteiger charge is 2.30. The minimum Gasteiger partial charge on any atom is -0.436 e. The SMILES string of the molecule is Bc1nnc(C2CCC(C(=O)OCl)CC2)o1. The molecule has 1 aromatic rings. The Morgan fingerprint density at radius 3 is 2.56 bits per heavy atom. The van der Waals surface area contributed by atoms with Crippen LogP contribution in [0.4, 0.5) is 0 Å². The first-order valence-electron chi connectivity index (χ1n) is 5.33. The second kappa shape index (κ2) is 4.87. The molecule has 1 heterocycles. The summed E-state index contributed by atoms with van der Waals surface area (Å²) >= 11 is 5.05. The van der Waals surface area contributed by atoms with Gasteiger partial charge >= 0.3 is 5.97 Å². The minimum atomic E-state index is -0.332. The van der Waals surface area contributed by atoms with E-state index in [4.69, 9.17) is 16.3 Å². The van der Waals surface area contributed by atoms with Crippen LogP contribution in [-0.4, -0.2) is 24.0 Å². The summed E-state index contributed by atoms with van der Waals surface area (Å²) in [5.74, 6) is 1.10. The maximum absolute atomic E-state index is 11.2. The van der Waals surface area contributed by atoms with Gasteiger partial charge in [0.15, 0.2) is 5.79 Å². The summed E-state index contributed by atoms with van der Waals surface area (Å²) in [6.45, 7) is 0. The normalized spacial score (nSPS) is 25.3. The summed E-state index contributed by atoms with van der Waals surface area (Å²) in [5.41, 5.74) is 0. The molecule has 16 heavy (non-hydrogen) atoms. The van der Waals surface area contributed by atoms with Crippen LogP contribution >= 0.6 is 11.9 Å². The fourth-order valence-corrected chi connectivity index (χ4v) is 2.24. The van der Waals surface area contributed by atoms with E-state index in [9.17, 15) is 4.79 Å². The van der Waals surface area contributed by atoms with Crippen molar-refractivity contribution in [2.45, 2.75) is 31.6 Å². The number of aromatic nitrogens is 2. The summed E-state index contributed by atoms with van der Waals surface area (Å²) < 4.78 is 9.60. The maximum Gasteiger partial charge on any atom is 0.327 e. The lowest BCUT2D eigenvalue weighted by Gasteiger charge is -2.23. The van der Waals surface area contributed by atoms with E-state index in [-0.39, 0.29) is 17.8 Å². The number of nitrogens with zero attached hydrogens (tertiary/aromatic N) is 2. The highest BCUT2D eigenvalue weighted by molar-refractivity contribution is 6.27. The van der Waals surface area contributed by atoms with Crippen LogP contribution in [0.3, 0.4) is 0 Å². The van der Waals surface area contributed by atoms with Crippen LogP contribution in [-0.2, 0) is 9.08 Å². The molecular weight excluding hydrogens is 230 g/mol. The van der Waals surface area contributed by atoms with Crippen molar-refractivity contribution < 1.29 is 13.5 Å². The van der Waals surface area contributed by atoms with Crippen LogP contribution < -0.4 is 5.79 Å². The largest absolute Gasteiger partial charge is 0.436 e. The molecule has 86 valence electrons. The third-order valence-electron chi connectivity index (χ3n) is 3.03. The first-order valence-corrected chi connectivity index (χ1v) is 5.64. The molecule has 0 spiro atoms. The molecule has 0 unspecified atom stereocenters. The summed E-state index contributed by atoms with van der Waals surface area (Å²) in [5, 5.41) is 7.80. The zero-order valence-electron chi connectivity index (χ0n) is 8.98. The number of carbonyl (C=O) groups is 1. The summed E-state index contributed by atoms with van der Waals surface area (Å²) in [7, 11) is 1.77. The molecule has 0 amide bonds. The molecule has 5 nitrogen and oxygen atoms in total. The Bertz CT molecular complexity index is 377. The van der Waals surface area contributed by atoms with E-state index in [0.29, 0.717) is 11.7 Å². The zero-order valence-corrected chi connectivity index (χ0v) is 9.74. The number of rotatable bonds is 2. The van der Waals surface area contributed by atoms with Gasteiger partial charge < -0.3 is 8.71 Å². The summed E-state index contributed by atoms with van der Waals surface area (Å²) in [6, 6.07) is 0. The smallest absolute Gasteiger partial charge is 0.327 e. The van der Waals surface area contributed by atoms with Crippen molar-refractivity contribution in [1.82, 2.24) is 10.2 Å². The van der Waals surface area contributed by atoms with Crippen molar-refractivity contribution in [1.29, 1.82) is 0 Å². The lowest BCUT2D eigenvalue weighted by Crippen LogP contribution is -2.21. The predicted molar refractivity (Wildman–Crippen MR) is 59.1 cm³/mol. The number of halogens is 1. The van der Waals surface area contributed by atoms with Crippen molar-refractivity contribution in [3.63, 3.8) is 0 Å². The Hall–Kier alpha value is -1.04. The number of hydrogen-bond acceptors (Lipinski definition) is 5. The van der Waals surface area contributed by atoms with Gasteiger partial charge in [-0.15, -0.1) is 10.2 Å². The summed E-state index contributed by atoms with van der Waals surface area (Å²) in [6.07, 6.45) is 3.24. The van der Waals surface area contributed by atoms with Gasteiger partial charge in [-0.05, 0) is 25.7 Å². The van der Waals surface area contributed by atoms with Gasteiger partial charge in [-0.25, -0.2) is 0 Å². The van der Waals surface area contributed by atoms with Gasteiger partial charge in [0.1, 0.15) is 11.9 Å². The van der Waals surface area contributed by atoms with E-state index in [2.05, 4.69) is 14.5 Å². The van der Waals surface area contributed by atoms with Gasteiger partial charge in [0, 0.05) is 5.92 Å². The van der Waals surface area contributed by atoms with Crippen LogP contribution in [0, 0.1) is 5.92 Å². The van der Waals surface area contributed by atoms with Gasteiger partial charge in [-0.3, -0.25) is 4.79 Å². The molecule has 1 aliphatic rings. The molecule has 1 saturated carbocycles. The molecule has 0 N–H and O–H groups in total. The molecule has 1 aliphatic carbocycles. The predicted octanol–water partition coefficient (Wildman–Crippen LogP) is 0.299. The third-order valence-corrected chi connectivity index (χ3v) is 3.18. The van der Waals surface area contributed by atoms with Crippen LogP contribution in [0.5, 0.6) is 0 Å². The standard InChI is InChI=1S/C9H12BClN2O3/c10-9-13-12-7(15-9)5-1-3-6(4-2-5)8(14)16-11/h5-6H,1-4,10H2. The highest BCUT2D eigenvalue weighted by atomic mass is 35.5. The molecule has 0 atom stereocenters. The highest BCUT2D eigenvalue weighted by Crippen LogP contribution is 2.35. The molecule has 7 heteroatoms. The van der Waals surface area contributed by atoms with E-state index in [1.54, 1.807) is 7.85 Å². The van der Waals surface area contributed by atoms with Gasteiger partial charge in [-0.2, -0.15) is 0 Å². The van der Waals surface area contributed by atoms with E-state index >= 15 is 0 Å². The van der Waals surface area contributed by atoms with Gasteiger partial charge in [0.2, 0.25) is 13.7 Å². The van der Waals surface area contributed by atoms with E-state index in [1.807, 2.05) is 0 Å². The zero-order chi connectivity index (χ0) is 11.5. The second-order valence-electron chi connectivity index (χ2n) is 4.10.